The fourth-order valence-electron chi connectivity index (χ4n) is 8.17. The molecule has 0 unspecified atom stereocenters. The molecule has 12 nitrogen and oxygen atoms in total. The topological polar surface area (TPSA) is 165 Å². The second-order valence-electron chi connectivity index (χ2n) is 15.4. The Morgan fingerprint density at radius 1 is 0.845 bits per heavy atom. The molecule has 5 aromatic rings. The predicted octanol–water partition coefficient (Wildman–Crippen LogP) is 6.88. The van der Waals surface area contributed by atoms with Crippen LogP contribution in [0.15, 0.2) is 108 Å². The van der Waals surface area contributed by atoms with Crippen molar-refractivity contribution in [3.05, 3.63) is 125 Å². The zero-order chi connectivity index (χ0) is 40.3. The molecule has 2 amide bonds. The highest BCUT2D eigenvalue weighted by molar-refractivity contribution is 5.91. The lowest BCUT2D eigenvalue weighted by Crippen LogP contribution is -2.41. The van der Waals surface area contributed by atoms with E-state index in [0.29, 0.717) is 29.2 Å². The van der Waals surface area contributed by atoms with Gasteiger partial charge in [0.1, 0.15) is 17.6 Å². The first-order valence-corrected chi connectivity index (χ1v) is 20.4. The van der Waals surface area contributed by atoms with Crippen LogP contribution in [0.2, 0.25) is 0 Å². The SMILES string of the molecule is O=C(COc1ccccc1CNC[C@H](O)c1ccc(O)c2[nH]c(=O)ccc12)NC1CCC(CCN2CCC(OC(=O)Nc3ccccc3-c3ccccc3)CC2)CC1. The summed E-state index contributed by atoms with van der Waals surface area (Å²) in [6.07, 6.45) is 5.42. The van der Waals surface area contributed by atoms with Gasteiger partial charge in [-0.3, -0.25) is 14.9 Å². The third-order valence-electron chi connectivity index (χ3n) is 11.4. The number of carbonyl (C=O) groups is 2. The Kier molecular flexibility index (Phi) is 13.7. The van der Waals surface area contributed by atoms with Gasteiger partial charge in [0.2, 0.25) is 5.56 Å². The molecule has 2 heterocycles. The summed E-state index contributed by atoms with van der Waals surface area (Å²) in [7, 11) is 0. The Morgan fingerprint density at radius 2 is 1.59 bits per heavy atom. The first-order chi connectivity index (χ1) is 28.3. The van der Waals surface area contributed by atoms with Crippen LogP contribution >= 0.6 is 0 Å². The Labute approximate surface area is 338 Å². The van der Waals surface area contributed by atoms with E-state index in [1.807, 2.05) is 78.9 Å². The number of H-pyrrole nitrogens is 1. The van der Waals surface area contributed by atoms with Gasteiger partial charge >= 0.3 is 6.09 Å². The largest absolute Gasteiger partial charge is 0.506 e. The van der Waals surface area contributed by atoms with Gasteiger partial charge in [-0.05, 0) is 92.8 Å². The number of nitrogens with zero attached hydrogens (tertiary/aromatic N) is 1. The summed E-state index contributed by atoms with van der Waals surface area (Å²) < 4.78 is 11.8. The number of amides is 2. The highest BCUT2D eigenvalue weighted by Crippen LogP contribution is 2.31. The van der Waals surface area contributed by atoms with Crippen molar-refractivity contribution in [2.45, 2.75) is 69.7 Å². The molecule has 6 N–H and O–H groups in total. The van der Waals surface area contributed by atoms with E-state index in [9.17, 15) is 24.6 Å². The Morgan fingerprint density at radius 3 is 2.40 bits per heavy atom. The maximum Gasteiger partial charge on any atom is 0.411 e. The monoisotopic (exact) mass is 787 g/mol. The summed E-state index contributed by atoms with van der Waals surface area (Å²) in [6, 6.07) is 31.5. The number of hydrogen-bond donors (Lipinski definition) is 6. The number of pyridine rings is 1. The molecular weight excluding hydrogens is 735 g/mol. The molecule has 0 spiro atoms. The first-order valence-electron chi connectivity index (χ1n) is 20.4. The van der Waals surface area contributed by atoms with Crippen LogP contribution in [-0.4, -0.2) is 77.0 Å². The van der Waals surface area contributed by atoms with Gasteiger partial charge in [-0.15, -0.1) is 0 Å². The molecule has 0 bridgehead atoms. The number of rotatable bonds is 15. The summed E-state index contributed by atoms with van der Waals surface area (Å²) in [5.41, 5.74) is 4.13. The van der Waals surface area contributed by atoms with E-state index in [1.54, 1.807) is 12.1 Å². The van der Waals surface area contributed by atoms with Crippen LogP contribution in [0.4, 0.5) is 10.5 Å². The predicted molar refractivity (Wildman–Crippen MR) is 225 cm³/mol. The van der Waals surface area contributed by atoms with Crippen LogP contribution in [0.1, 0.15) is 62.2 Å². The number of phenols is 1. The van der Waals surface area contributed by atoms with Gasteiger partial charge in [-0.25, -0.2) is 4.79 Å². The van der Waals surface area contributed by atoms with E-state index >= 15 is 0 Å². The lowest BCUT2D eigenvalue weighted by Gasteiger charge is -2.34. The molecule has 58 heavy (non-hydrogen) atoms. The average molecular weight is 788 g/mol. The molecular formula is C46H53N5O7. The van der Waals surface area contributed by atoms with E-state index in [0.717, 1.165) is 87.0 Å². The number of aliphatic hydroxyl groups excluding tert-OH is 1. The van der Waals surface area contributed by atoms with Gasteiger partial charge in [0.15, 0.2) is 6.61 Å². The standard InChI is InChI=1S/C46H53N5O7/c52-40-20-18-37(38-19-21-43(54)50-45(38)40)41(53)29-47-28-33-10-4-7-13-42(33)57-30-44(55)48-34-16-14-31(15-17-34)22-25-51-26-23-35(24-27-51)58-46(56)49-39-12-6-5-11-36(39)32-8-2-1-3-9-32/h1-13,18-21,31,34-35,41,47,52-53H,14-17,22-30H2,(H,48,55)(H,49,56)(H,50,54)/t31?,34?,41-/m0/s1. The second-order valence-corrected chi connectivity index (χ2v) is 15.4. The second kappa shape index (κ2) is 19.6. The van der Waals surface area contributed by atoms with Gasteiger partial charge in [-0.2, -0.15) is 0 Å². The van der Waals surface area contributed by atoms with Crippen molar-refractivity contribution in [1.29, 1.82) is 0 Å². The van der Waals surface area contributed by atoms with Gasteiger partial charge < -0.3 is 40.2 Å². The van der Waals surface area contributed by atoms with Crippen molar-refractivity contribution in [1.82, 2.24) is 20.5 Å². The minimum absolute atomic E-state index is 0.0581. The van der Waals surface area contributed by atoms with E-state index < -0.39 is 12.2 Å². The maximum atomic E-state index is 12.9. The number of nitrogens with one attached hydrogen (secondary N) is 4. The number of anilines is 1. The molecule has 1 saturated heterocycles. The molecule has 1 aliphatic heterocycles. The summed E-state index contributed by atoms with van der Waals surface area (Å²) in [4.78, 5) is 42.6. The van der Waals surface area contributed by atoms with Gasteiger partial charge in [0.25, 0.3) is 5.91 Å². The number of hydrogen-bond acceptors (Lipinski definition) is 9. The van der Waals surface area contributed by atoms with Crippen molar-refractivity contribution < 1.29 is 29.3 Å². The maximum absolute atomic E-state index is 12.9. The van der Waals surface area contributed by atoms with E-state index in [2.05, 4.69) is 25.8 Å². The fourth-order valence-corrected chi connectivity index (χ4v) is 8.17. The van der Waals surface area contributed by atoms with Crippen molar-refractivity contribution in [3.8, 4) is 22.6 Å². The number of para-hydroxylation sites is 2. The number of carbonyl (C=O) groups excluding carboxylic acids is 2. The molecule has 0 radical (unpaired) electrons. The lowest BCUT2D eigenvalue weighted by atomic mass is 9.84. The normalized spacial score (nSPS) is 18.0. The smallest absolute Gasteiger partial charge is 0.411 e. The van der Waals surface area contributed by atoms with E-state index in [1.165, 1.54) is 12.1 Å². The number of likely N-dealkylation sites (tertiary alicyclic amines) is 1. The van der Waals surface area contributed by atoms with Crippen LogP contribution in [0.25, 0.3) is 22.0 Å². The molecule has 1 aromatic heterocycles. The summed E-state index contributed by atoms with van der Waals surface area (Å²) in [5, 5.41) is 31.0. The third kappa shape index (κ3) is 10.8. The van der Waals surface area contributed by atoms with Crippen molar-refractivity contribution in [2.75, 3.05) is 38.1 Å². The number of phenolic OH excluding ortho intramolecular Hbond substituents is 1. The van der Waals surface area contributed by atoms with Gasteiger partial charge in [0.05, 0.1) is 17.3 Å². The number of fused-ring (bicyclic) bond motifs is 1. The minimum Gasteiger partial charge on any atom is -0.506 e. The van der Waals surface area contributed by atoms with Crippen molar-refractivity contribution in [3.63, 3.8) is 0 Å². The van der Waals surface area contributed by atoms with Crippen LogP contribution in [-0.2, 0) is 16.1 Å². The summed E-state index contributed by atoms with van der Waals surface area (Å²) >= 11 is 0. The Hall–Kier alpha value is -5.69. The lowest BCUT2D eigenvalue weighted by molar-refractivity contribution is -0.124. The highest BCUT2D eigenvalue weighted by Gasteiger charge is 2.26. The molecule has 1 saturated carbocycles. The minimum atomic E-state index is -0.891. The summed E-state index contributed by atoms with van der Waals surface area (Å²) in [5.74, 6) is 1.03. The zero-order valence-electron chi connectivity index (χ0n) is 32.7. The number of aromatic nitrogens is 1. The highest BCUT2D eigenvalue weighted by atomic mass is 16.6. The molecule has 4 aromatic carbocycles. The van der Waals surface area contributed by atoms with Crippen LogP contribution in [0.5, 0.6) is 11.5 Å². The average Bonchev–Trinajstić information content (AvgIpc) is 3.24. The molecule has 2 aliphatic rings. The number of benzene rings is 4. The number of aromatic hydroxyl groups is 1. The fraction of sp³-hybridized carbons (Fsp3) is 0.370. The van der Waals surface area contributed by atoms with Gasteiger partial charge in [0, 0.05) is 54.8 Å². The Balaban J connectivity index is 0.771. The van der Waals surface area contributed by atoms with Crippen molar-refractivity contribution in [2.24, 2.45) is 5.92 Å². The van der Waals surface area contributed by atoms with Crippen LogP contribution in [0, 0.1) is 5.92 Å². The van der Waals surface area contributed by atoms with Crippen molar-refractivity contribution >= 4 is 28.6 Å². The van der Waals surface area contributed by atoms with Crippen LogP contribution < -0.4 is 26.2 Å². The molecule has 2 fully saturated rings. The number of aromatic amines is 1. The zero-order valence-corrected chi connectivity index (χ0v) is 32.7. The number of ether oxygens (including phenoxy) is 2. The molecule has 304 valence electrons. The third-order valence-corrected chi connectivity index (χ3v) is 11.4. The van der Waals surface area contributed by atoms with Crippen LogP contribution in [0.3, 0.4) is 0 Å². The van der Waals surface area contributed by atoms with Gasteiger partial charge in [-0.1, -0.05) is 72.8 Å². The molecule has 12 heteroatoms. The number of piperidine rings is 1. The quantitative estimate of drug-likeness (QED) is 0.0664. The number of aliphatic hydroxyl groups is 1. The molecule has 1 aliphatic carbocycles. The van der Waals surface area contributed by atoms with E-state index in [-0.39, 0.29) is 48.0 Å². The molecule has 7 rings (SSSR count). The summed E-state index contributed by atoms with van der Waals surface area (Å²) in [6.45, 7) is 3.39. The Bertz CT molecular complexity index is 2200. The van der Waals surface area contributed by atoms with E-state index in [4.69, 9.17) is 9.47 Å². The molecule has 1 atom stereocenters. The first kappa shape index (κ1) is 40.5.